The summed E-state index contributed by atoms with van der Waals surface area (Å²) in [6.45, 7) is 0.484. The molecule has 1 N–H and O–H groups in total. The van der Waals surface area contributed by atoms with Crippen LogP contribution in [0.25, 0.3) is 11.0 Å². The van der Waals surface area contributed by atoms with Crippen molar-refractivity contribution in [2.24, 2.45) is 5.92 Å². The molecule has 6 heteroatoms. The zero-order chi connectivity index (χ0) is 19.8. The summed E-state index contributed by atoms with van der Waals surface area (Å²) < 4.78 is 11.9. The molecule has 4 heterocycles. The summed E-state index contributed by atoms with van der Waals surface area (Å²) in [5.41, 5.74) is 1.01. The molecular weight excluding hydrogens is 390 g/mol. The van der Waals surface area contributed by atoms with E-state index in [0.717, 1.165) is 11.1 Å². The van der Waals surface area contributed by atoms with Crippen LogP contribution in [0.5, 0.6) is 0 Å². The van der Waals surface area contributed by atoms with E-state index in [4.69, 9.17) is 20.8 Å². The highest BCUT2D eigenvalue weighted by Gasteiger charge is 2.62. The lowest BCUT2D eigenvalue weighted by Gasteiger charge is -2.38. The molecule has 5 nitrogen and oxygen atoms in total. The van der Waals surface area contributed by atoms with E-state index in [9.17, 15) is 9.59 Å². The van der Waals surface area contributed by atoms with Crippen LogP contribution in [0.4, 0.5) is 5.69 Å². The molecule has 3 aliphatic heterocycles. The quantitative estimate of drug-likeness (QED) is 0.394. The fraction of sp³-hybridized carbons (Fsp3) is 0.217. The minimum absolute atomic E-state index is 0.114. The number of halogens is 1. The lowest BCUT2D eigenvalue weighted by molar-refractivity contribution is 0.0301. The van der Waals surface area contributed by atoms with Gasteiger partial charge in [0.15, 0.2) is 5.78 Å². The van der Waals surface area contributed by atoms with Crippen molar-refractivity contribution < 1.29 is 13.9 Å². The number of hydrogen-bond acceptors (Lipinski definition) is 5. The number of para-hydroxylation sites is 1. The van der Waals surface area contributed by atoms with Crippen LogP contribution in [0, 0.1) is 5.92 Å². The van der Waals surface area contributed by atoms with Gasteiger partial charge in [-0.15, -0.1) is 0 Å². The molecule has 1 saturated heterocycles. The van der Waals surface area contributed by atoms with E-state index in [1.165, 1.54) is 0 Å². The van der Waals surface area contributed by atoms with E-state index in [0.29, 0.717) is 28.3 Å². The van der Waals surface area contributed by atoms with Crippen LogP contribution in [0.3, 0.4) is 0 Å². The highest BCUT2D eigenvalue weighted by molar-refractivity contribution is 6.34. The van der Waals surface area contributed by atoms with Crippen LogP contribution >= 0.6 is 11.6 Å². The predicted molar refractivity (Wildman–Crippen MR) is 110 cm³/mol. The van der Waals surface area contributed by atoms with E-state index in [-0.39, 0.29) is 5.78 Å². The smallest absolute Gasteiger partial charge is 0.341 e. The Labute approximate surface area is 170 Å². The molecule has 3 aromatic rings. The van der Waals surface area contributed by atoms with E-state index >= 15 is 0 Å². The van der Waals surface area contributed by atoms with Crippen LogP contribution in [-0.2, 0) is 4.74 Å². The van der Waals surface area contributed by atoms with Gasteiger partial charge in [0.25, 0.3) is 0 Å². The van der Waals surface area contributed by atoms with E-state index in [1.54, 1.807) is 30.3 Å². The second kappa shape index (κ2) is 5.81. The molecule has 0 radical (unpaired) electrons. The van der Waals surface area contributed by atoms with Crippen molar-refractivity contribution in [1.29, 1.82) is 0 Å². The molecule has 144 valence electrons. The van der Waals surface area contributed by atoms with Gasteiger partial charge in [-0.2, -0.15) is 0 Å². The normalized spacial score (nSPS) is 28.8. The Bertz CT molecular complexity index is 1280. The number of benzene rings is 2. The van der Waals surface area contributed by atoms with Crippen molar-refractivity contribution in [3.05, 3.63) is 87.3 Å². The number of nitrogens with one attached hydrogen (secondary N) is 1. The van der Waals surface area contributed by atoms with E-state index in [1.807, 2.05) is 30.4 Å². The van der Waals surface area contributed by atoms with Crippen molar-refractivity contribution in [3.63, 3.8) is 0 Å². The van der Waals surface area contributed by atoms with Gasteiger partial charge in [0.2, 0.25) is 0 Å². The van der Waals surface area contributed by atoms with Crippen molar-refractivity contribution in [3.8, 4) is 0 Å². The number of anilines is 1. The molecule has 1 aromatic heterocycles. The Morgan fingerprint density at radius 1 is 1.14 bits per heavy atom. The van der Waals surface area contributed by atoms with Crippen LogP contribution in [0.15, 0.2) is 69.9 Å². The fourth-order valence-electron chi connectivity index (χ4n) is 5.09. The molecule has 1 spiro atoms. The highest BCUT2D eigenvalue weighted by atomic mass is 35.5. The van der Waals surface area contributed by atoms with Gasteiger partial charge in [0.05, 0.1) is 28.3 Å². The SMILES string of the molecule is O=C(c1ccccc1Cl)[C@@H]1[C@@H]2C=C[C@@]3(CNc4c(c(=O)oc5ccccc45)[C@@H]13)O2. The second-order valence-corrected chi connectivity index (χ2v) is 8.18. The third-order valence-corrected chi connectivity index (χ3v) is 6.64. The van der Waals surface area contributed by atoms with Crippen LogP contribution in [0.2, 0.25) is 5.02 Å². The van der Waals surface area contributed by atoms with E-state index < -0.39 is 29.2 Å². The Balaban J connectivity index is 1.58. The largest absolute Gasteiger partial charge is 0.422 e. The highest BCUT2D eigenvalue weighted by Crippen LogP contribution is 2.56. The maximum Gasteiger partial charge on any atom is 0.341 e. The van der Waals surface area contributed by atoms with Gasteiger partial charge < -0.3 is 14.5 Å². The first-order chi connectivity index (χ1) is 14.1. The number of ether oxygens (including phenoxy) is 1. The van der Waals surface area contributed by atoms with Crippen molar-refractivity contribution in [2.75, 3.05) is 11.9 Å². The zero-order valence-electron chi connectivity index (χ0n) is 15.2. The molecule has 1 fully saturated rings. The second-order valence-electron chi connectivity index (χ2n) is 7.77. The van der Waals surface area contributed by atoms with Crippen molar-refractivity contribution in [1.82, 2.24) is 0 Å². The fourth-order valence-corrected chi connectivity index (χ4v) is 5.32. The standard InChI is InChI=1S/C23H16ClNO4/c24-14-7-3-1-5-12(14)21(26)17-16-9-10-23(29-16)11-25-20-13-6-2-4-8-15(13)28-22(27)18(20)19(17)23/h1-10,16-17,19,25H,11H2/t16-,17+,19+,23-/m0/s1. The van der Waals surface area contributed by atoms with Gasteiger partial charge in [-0.3, -0.25) is 4.79 Å². The average molecular weight is 406 g/mol. The Morgan fingerprint density at radius 3 is 2.79 bits per heavy atom. The molecule has 29 heavy (non-hydrogen) atoms. The number of carbonyl (C=O) groups excluding carboxylic acids is 1. The zero-order valence-corrected chi connectivity index (χ0v) is 16.0. The van der Waals surface area contributed by atoms with Gasteiger partial charge in [-0.05, 0) is 24.3 Å². The number of hydrogen-bond donors (Lipinski definition) is 1. The maximum absolute atomic E-state index is 13.5. The lowest BCUT2D eigenvalue weighted by Crippen LogP contribution is -2.47. The summed E-state index contributed by atoms with van der Waals surface area (Å²) in [5.74, 6) is -1.08. The summed E-state index contributed by atoms with van der Waals surface area (Å²) >= 11 is 6.31. The van der Waals surface area contributed by atoms with E-state index in [2.05, 4.69) is 5.32 Å². The molecule has 0 amide bonds. The molecule has 0 unspecified atom stereocenters. The third-order valence-electron chi connectivity index (χ3n) is 6.31. The first-order valence-electron chi connectivity index (χ1n) is 9.55. The number of Topliss-reactive ketones (excluding diaryl/α,β-unsaturated/α-hetero) is 1. The summed E-state index contributed by atoms with van der Waals surface area (Å²) in [5, 5.41) is 4.60. The summed E-state index contributed by atoms with van der Waals surface area (Å²) in [7, 11) is 0. The Kier molecular flexibility index (Phi) is 3.41. The van der Waals surface area contributed by atoms with Gasteiger partial charge in [-0.1, -0.05) is 48.0 Å². The Morgan fingerprint density at radius 2 is 1.93 bits per heavy atom. The molecule has 2 aromatic carbocycles. The molecule has 0 saturated carbocycles. The van der Waals surface area contributed by atoms with Crippen LogP contribution in [-0.4, -0.2) is 24.0 Å². The topological polar surface area (TPSA) is 68.5 Å². The molecular formula is C23H16ClNO4. The number of carbonyl (C=O) groups is 1. The van der Waals surface area contributed by atoms with Crippen LogP contribution < -0.4 is 10.9 Å². The molecule has 4 atom stereocenters. The third kappa shape index (κ3) is 2.20. The number of ketones is 1. The van der Waals surface area contributed by atoms with Crippen molar-refractivity contribution in [2.45, 2.75) is 17.6 Å². The molecule has 0 aliphatic carbocycles. The van der Waals surface area contributed by atoms with Crippen LogP contribution in [0.1, 0.15) is 21.8 Å². The number of rotatable bonds is 2. The first kappa shape index (κ1) is 17.0. The average Bonchev–Trinajstić information content (AvgIpc) is 3.29. The molecule has 6 rings (SSSR count). The monoisotopic (exact) mass is 405 g/mol. The van der Waals surface area contributed by atoms with Gasteiger partial charge in [0.1, 0.15) is 11.2 Å². The van der Waals surface area contributed by atoms with Crippen molar-refractivity contribution >= 4 is 34.0 Å². The van der Waals surface area contributed by atoms with Gasteiger partial charge in [-0.25, -0.2) is 4.79 Å². The summed E-state index contributed by atoms with van der Waals surface area (Å²) in [6.07, 6.45) is 3.50. The molecule has 2 bridgehead atoms. The Hall–Kier alpha value is -2.89. The minimum atomic E-state index is -0.740. The predicted octanol–water partition coefficient (Wildman–Crippen LogP) is 4.16. The summed E-state index contributed by atoms with van der Waals surface area (Å²) in [6, 6.07) is 14.4. The van der Waals surface area contributed by atoms with Gasteiger partial charge in [0, 0.05) is 23.4 Å². The first-order valence-corrected chi connectivity index (χ1v) is 9.92. The maximum atomic E-state index is 13.5. The molecule has 3 aliphatic rings. The lowest BCUT2D eigenvalue weighted by atomic mass is 9.67. The van der Waals surface area contributed by atoms with Gasteiger partial charge >= 0.3 is 5.63 Å². The summed E-state index contributed by atoms with van der Waals surface area (Å²) in [4.78, 5) is 26.6. The minimum Gasteiger partial charge on any atom is -0.422 e. The number of fused-ring (bicyclic) bond motifs is 5.